The number of methoxy groups -OCH3 is 2. The molecule has 0 saturated carbocycles. The van der Waals surface area contributed by atoms with Gasteiger partial charge in [0, 0.05) is 59.9 Å². The van der Waals surface area contributed by atoms with E-state index in [9.17, 15) is 18.4 Å². The predicted octanol–water partition coefficient (Wildman–Crippen LogP) is 4.72. The smallest absolute Gasteiger partial charge is 0.294 e. The van der Waals surface area contributed by atoms with Gasteiger partial charge in [-0.2, -0.15) is 0 Å². The van der Waals surface area contributed by atoms with Gasteiger partial charge in [0.05, 0.1) is 14.2 Å². The number of hydrogen-bond donors (Lipinski definition) is 3. The number of pyridine rings is 1. The van der Waals surface area contributed by atoms with E-state index in [-0.39, 0.29) is 61.1 Å². The summed E-state index contributed by atoms with van der Waals surface area (Å²) in [6, 6.07) is 11.0. The molecule has 0 bridgehead atoms. The van der Waals surface area contributed by atoms with Crippen molar-refractivity contribution in [3.8, 4) is 11.5 Å². The number of anilines is 2. The van der Waals surface area contributed by atoms with E-state index in [1.807, 2.05) is 6.92 Å². The minimum atomic E-state index is -0.710. The molecule has 5 rings (SSSR count). The van der Waals surface area contributed by atoms with Gasteiger partial charge in [-0.3, -0.25) is 14.2 Å². The molecule has 45 heavy (non-hydrogen) atoms. The molecule has 1 aliphatic heterocycles. The van der Waals surface area contributed by atoms with Crippen molar-refractivity contribution in [2.24, 2.45) is 0 Å². The number of nitrogens with zero attached hydrogens (tertiary/aromatic N) is 3. The van der Waals surface area contributed by atoms with E-state index < -0.39 is 29.2 Å². The summed E-state index contributed by atoms with van der Waals surface area (Å²) in [5.41, 5.74) is 8.65. The van der Waals surface area contributed by atoms with Gasteiger partial charge in [0.25, 0.3) is 5.56 Å². The molecule has 4 aromatic rings. The van der Waals surface area contributed by atoms with Crippen LogP contribution in [0.2, 0.25) is 0 Å². The average molecular weight is 664 g/mol. The number of hydrogen-bond acceptors (Lipinski definition) is 8. The molecule has 2 aromatic heterocycles. The van der Waals surface area contributed by atoms with Crippen LogP contribution in [0.25, 0.3) is 0 Å². The standard InChI is InChI=1S/C31H32F2N6O4.2ClH/c1-17-18(4-11-28(34)38-17)14-37-30(40)25-10-7-21-15-35-29(31(41)39(21)25)36-16-24(22-8-5-19(32)12-26(22)42-2)23-9-6-20(33)13-27(23)43-3;;/h4-6,8-9,11-13,15,24-25H,7,10,14,16H2,1-3H3,(H2,34,38)(H,35,36)(H,37,40);2*1H/t25-;;/m0../s1. The number of fused-ring (bicyclic) bond motifs is 1. The first-order valence-electron chi connectivity index (χ1n) is 13.7. The molecular formula is C31H34Cl2F2N6O4. The summed E-state index contributed by atoms with van der Waals surface area (Å²) >= 11 is 0. The van der Waals surface area contributed by atoms with Gasteiger partial charge >= 0.3 is 0 Å². The zero-order valence-corrected chi connectivity index (χ0v) is 26.4. The first kappa shape index (κ1) is 35.1. The molecule has 1 amide bonds. The van der Waals surface area contributed by atoms with E-state index in [2.05, 4.69) is 20.6 Å². The number of carbonyl (C=O) groups is 1. The average Bonchev–Trinajstić information content (AvgIpc) is 3.43. The Morgan fingerprint density at radius 3 is 2.24 bits per heavy atom. The van der Waals surface area contributed by atoms with Gasteiger partial charge in [-0.25, -0.2) is 18.7 Å². The van der Waals surface area contributed by atoms with Crippen LogP contribution in [0.5, 0.6) is 11.5 Å². The first-order chi connectivity index (χ1) is 20.7. The highest BCUT2D eigenvalue weighted by molar-refractivity contribution is 5.85. The summed E-state index contributed by atoms with van der Waals surface area (Å²) in [7, 11) is 2.85. The van der Waals surface area contributed by atoms with E-state index in [0.29, 0.717) is 41.2 Å². The fourth-order valence-electron chi connectivity index (χ4n) is 5.44. The van der Waals surface area contributed by atoms with Crippen LogP contribution in [0.3, 0.4) is 0 Å². The summed E-state index contributed by atoms with van der Waals surface area (Å²) in [6.45, 7) is 2.16. The molecule has 0 fully saturated rings. The van der Waals surface area contributed by atoms with Crippen LogP contribution >= 0.6 is 24.8 Å². The Hall–Kier alpha value is -4.42. The molecule has 4 N–H and O–H groups in total. The van der Waals surface area contributed by atoms with Crippen molar-refractivity contribution in [2.45, 2.75) is 38.3 Å². The van der Waals surface area contributed by atoms with Crippen molar-refractivity contribution >= 4 is 42.4 Å². The normalized spacial score (nSPS) is 13.3. The van der Waals surface area contributed by atoms with Crippen LogP contribution < -0.4 is 31.4 Å². The number of nitrogens with two attached hydrogens (primary N) is 1. The molecule has 3 heterocycles. The quantitative estimate of drug-likeness (QED) is 0.222. The molecule has 240 valence electrons. The number of ether oxygens (including phenoxy) is 2. The zero-order chi connectivity index (χ0) is 30.7. The van der Waals surface area contributed by atoms with Crippen molar-refractivity contribution in [3.05, 3.63) is 105 Å². The fraction of sp³-hybridized carbons (Fsp3) is 0.290. The van der Waals surface area contributed by atoms with E-state index >= 15 is 0 Å². The zero-order valence-electron chi connectivity index (χ0n) is 24.8. The third-order valence-electron chi connectivity index (χ3n) is 7.65. The molecular weight excluding hydrogens is 629 g/mol. The van der Waals surface area contributed by atoms with Crippen LogP contribution in [0.1, 0.15) is 46.5 Å². The molecule has 0 aliphatic carbocycles. The van der Waals surface area contributed by atoms with Crippen LogP contribution in [0.15, 0.2) is 59.5 Å². The highest BCUT2D eigenvalue weighted by Gasteiger charge is 2.31. The molecule has 0 saturated heterocycles. The van der Waals surface area contributed by atoms with Gasteiger partial charge in [0.15, 0.2) is 5.82 Å². The number of aryl methyl sites for hydroxylation is 2. The topological polar surface area (TPSA) is 133 Å². The second-order valence-corrected chi connectivity index (χ2v) is 10.2. The third-order valence-corrected chi connectivity index (χ3v) is 7.65. The predicted molar refractivity (Wildman–Crippen MR) is 172 cm³/mol. The van der Waals surface area contributed by atoms with E-state index in [0.717, 1.165) is 5.56 Å². The molecule has 1 aliphatic rings. The minimum absolute atomic E-state index is 0. The van der Waals surface area contributed by atoms with Crippen molar-refractivity contribution in [3.63, 3.8) is 0 Å². The Morgan fingerprint density at radius 1 is 1.04 bits per heavy atom. The number of nitrogens with one attached hydrogen (secondary N) is 2. The van der Waals surface area contributed by atoms with Crippen molar-refractivity contribution in [2.75, 3.05) is 31.8 Å². The maximum Gasteiger partial charge on any atom is 0.294 e. The van der Waals surface area contributed by atoms with Crippen molar-refractivity contribution < 1.29 is 23.0 Å². The summed E-state index contributed by atoms with van der Waals surface area (Å²) in [4.78, 5) is 35.4. The Balaban J connectivity index is 0.00000276. The molecule has 0 radical (unpaired) electrons. The van der Waals surface area contributed by atoms with Crippen LogP contribution in [-0.4, -0.2) is 41.2 Å². The largest absolute Gasteiger partial charge is 0.496 e. The number of aromatic nitrogens is 3. The van der Waals surface area contributed by atoms with Crippen molar-refractivity contribution in [1.82, 2.24) is 19.9 Å². The minimum Gasteiger partial charge on any atom is -0.496 e. The Labute approximate surface area is 271 Å². The van der Waals surface area contributed by atoms with Gasteiger partial charge < -0.3 is 25.8 Å². The van der Waals surface area contributed by atoms with E-state index in [4.69, 9.17) is 15.2 Å². The Morgan fingerprint density at radius 2 is 1.67 bits per heavy atom. The van der Waals surface area contributed by atoms with Crippen molar-refractivity contribution in [1.29, 1.82) is 0 Å². The van der Waals surface area contributed by atoms with Crippen LogP contribution in [-0.2, 0) is 17.8 Å². The molecule has 0 unspecified atom stereocenters. The van der Waals surface area contributed by atoms with Crippen LogP contribution in [0, 0.1) is 18.6 Å². The first-order valence-corrected chi connectivity index (χ1v) is 13.7. The third kappa shape index (κ3) is 7.46. The summed E-state index contributed by atoms with van der Waals surface area (Å²) in [5, 5.41) is 6.01. The highest BCUT2D eigenvalue weighted by atomic mass is 35.5. The number of halogens is 4. The lowest BCUT2D eigenvalue weighted by atomic mass is 9.89. The van der Waals surface area contributed by atoms with E-state index in [1.165, 1.54) is 43.1 Å². The number of amides is 1. The molecule has 0 spiro atoms. The summed E-state index contributed by atoms with van der Waals surface area (Å²) in [6.07, 6.45) is 2.55. The lowest BCUT2D eigenvalue weighted by Gasteiger charge is -2.23. The Kier molecular flexibility index (Phi) is 11.7. The lowest BCUT2D eigenvalue weighted by Crippen LogP contribution is -2.36. The second-order valence-electron chi connectivity index (χ2n) is 10.2. The molecule has 14 heteroatoms. The second kappa shape index (κ2) is 15.0. The SMILES string of the molecule is COc1cc(F)ccc1C(CNc1ncc2n(c1=O)[C@H](C(=O)NCc1ccc(N)nc1C)CC2)c1ccc(F)cc1OC.Cl.Cl. The van der Waals surface area contributed by atoms with E-state index in [1.54, 1.807) is 30.5 Å². The number of carbonyl (C=O) groups excluding carboxylic acids is 1. The number of benzene rings is 2. The monoisotopic (exact) mass is 662 g/mol. The van der Waals surface area contributed by atoms with Gasteiger partial charge in [0.2, 0.25) is 5.91 Å². The number of rotatable bonds is 10. The van der Waals surface area contributed by atoms with Crippen LogP contribution in [0.4, 0.5) is 20.4 Å². The van der Waals surface area contributed by atoms with Gasteiger partial charge in [-0.05, 0) is 43.5 Å². The van der Waals surface area contributed by atoms with Gasteiger partial charge in [-0.1, -0.05) is 18.2 Å². The maximum atomic E-state index is 14.1. The number of nitrogen functional groups attached to an aromatic ring is 1. The molecule has 10 nitrogen and oxygen atoms in total. The summed E-state index contributed by atoms with van der Waals surface area (Å²) < 4.78 is 40.5. The summed E-state index contributed by atoms with van der Waals surface area (Å²) in [5.74, 6) is -0.822. The Bertz CT molecular complexity index is 1690. The lowest BCUT2D eigenvalue weighted by molar-refractivity contribution is -0.124. The molecule has 1 atom stereocenters. The molecule has 2 aromatic carbocycles. The maximum absolute atomic E-state index is 14.1. The van der Waals surface area contributed by atoms with Gasteiger partial charge in [-0.15, -0.1) is 24.8 Å². The van der Waals surface area contributed by atoms with Gasteiger partial charge in [0.1, 0.15) is 35.0 Å². The highest BCUT2D eigenvalue weighted by Crippen LogP contribution is 2.37. The fourth-order valence-corrected chi connectivity index (χ4v) is 5.44.